The molecule has 0 aliphatic heterocycles. The summed E-state index contributed by atoms with van der Waals surface area (Å²) in [5, 5.41) is 0. The molecule has 426 valence electrons. The van der Waals surface area contributed by atoms with Crippen molar-refractivity contribution in [2.45, 2.75) is 348 Å². The molecule has 1 unspecified atom stereocenters. The lowest BCUT2D eigenvalue weighted by Crippen LogP contribution is -2.30. The van der Waals surface area contributed by atoms with Crippen molar-refractivity contribution in [3.63, 3.8) is 0 Å². The van der Waals surface area contributed by atoms with Crippen LogP contribution in [0.4, 0.5) is 0 Å². The monoisotopic (exact) mass is 1020 g/mol. The Morgan fingerprint density at radius 3 is 0.808 bits per heavy atom. The Morgan fingerprint density at radius 1 is 0.274 bits per heavy atom. The lowest BCUT2D eigenvalue weighted by molar-refractivity contribution is -0.167. The van der Waals surface area contributed by atoms with E-state index in [1.807, 2.05) is 0 Å². The zero-order chi connectivity index (χ0) is 52.9. The molecule has 0 fully saturated rings. The molecule has 73 heavy (non-hydrogen) atoms. The van der Waals surface area contributed by atoms with E-state index in [1.54, 1.807) is 0 Å². The molecule has 0 aliphatic rings. The Hall–Kier alpha value is -2.63. The van der Waals surface area contributed by atoms with E-state index >= 15 is 0 Å². The van der Waals surface area contributed by atoms with Crippen molar-refractivity contribution >= 4 is 17.9 Å². The van der Waals surface area contributed by atoms with E-state index in [0.29, 0.717) is 19.3 Å². The average molecular weight is 1020 g/mol. The number of carbonyl (C=O) groups is 3. The Kier molecular flexibility index (Phi) is 59.7. The summed E-state index contributed by atoms with van der Waals surface area (Å²) >= 11 is 0. The Labute approximate surface area is 454 Å². The molecular weight excluding hydrogens is 901 g/mol. The summed E-state index contributed by atoms with van der Waals surface area (Å²) in [5.41, 5.74) is 0. The van der Waals surface area contributed by atoms with Gasteiger partial charge in [0, 0.05) is 19.3 Å². The van der Waals surface area contributed by atoms with Crippen LogP contribution in [0, 0.1) is 0 Å². The fourth-order valence-corrected chi connectivity index (χ4v) is 9.46. The standard InChI is InChI=1S/C67H122O6/c1-4-7-10-13-16-19-22-25-26-27-28-29-30-31-32-33-34-35-36-37-38-39-40-43-45-48-51-54-57-60-66(69)72-63-64(73-67(70)61-58-55-52-49-46-42-24-21-18-15-12-9-6-3)62-71-65(68)59-56-53-50-47-44-41-23-20-17-14-11-8-5-2/h12,15,21-22,24-25,27-28,64H,4-11,13-14,16-20,23,26,29-63H2,1-3H3/b15-12-,24-21-,25-22-,28-27-. The fourth-order valence-electron chi connectivity index (χ4n) is 9.46. The number of carbonyl (C=O) groups excluding carboxylic acids is 3. The predicted molar refractivity (Wildman–Crippen MR) is 316 cm³/mol. The van der Waals surface area contributed by atoms with Gasteiger partial charge in [-0.15, -0.1) is 0 Å². The summed E-state index contributed by atoms with van der Waals surface area (Å²) in [4.78, 5) is 38.2. The molecule has 0 radical (unpaired) electrons. The molecule has 0 aromatic heterocycles. The van der Waals surface area contributed by atoms with Crippen molar-refractivity contribution in [2.24, 2.45) is 0 Å². The Balaban J connectivity index is 4.14. The molecule has 0 spiro atoms. The summed E-state index contributed by atoms with van der Waals surface area (Å²) in [6.45, 7) is 6.60. The van der Waals surface area contributed by atoms with E-state index in [1.165, 1.54) is 205 Å². The lowest BCUT2D eigenvalue weighted by atomic mass is 10.0. The highest BCUT2D eigenvalue weighted by Gasteiger charge is 2.19. The van der Waals surface area contributed by atoms with Gasteiger partial charge in [0.2, 0.25) is 0 Å². The van der Waals surface area contributed by atoms with Crippen LogP contribution in [0.15, 0.2) is 48.6 Å². The lowest BCUT2D eigenvalue weighted by Gasteiger charge is -2.18. The van der Waals surface area contributed by atoms with E-state index in [0.717, 1.165) is 96.3 Å². The van der Waals surface area contributed by atoms with E-state index in [2.05, 4.69) is 69.4 Å². The van der Waals surface area contributed by atoms with Crippen molar-refractivity contribution in [3.05, 3.63) is 48.6 Å². The third kappa shape index (κ3) is 60.1. The van der Waals surface area contributed by atoms with Crippen molar-refractivity contribution in [1.82, 2.24) is 0 Å². The number of ether oxygens (including phenoxy) is 3. The first-order chi connectivity index (χ1) is 36.0. The quantitative estimate of drug-likeness (QED) is 0.0261. The highest BCUT2D eigenvalue weighted by Crippen LogP contribution is 2.17. The molecular formula is C67H122O6. The van der Waals surface area contributed by atoms with Crippen LogP contribution in [-0.2, 0) is 28.6 Å². The maximum absolute atomic E-state index is 12.8. The summed E-state index contributed by atoms with van der Waals surface area (Å²) < 4.78 is 16.9. The van der Waals surface area contributed by atoms with E-state index in [4.69, 9.17) is 14.2 Å². The van der Waals surface area contributed by atoms with Gasteiger partial charge >= 0.3 is 17.9 Å². The normalized spacial score (nSPS) is 12.3. The van der Waals surface area contributed by atoms with Gasteiger partial charge in [-0.05, 0) is 77.0 Å². The van der Waals surface area contributed by atoms with Crippen molar-refractivity contribution < 1.29 is 28.6 Å². The smallest absolute Gasteiger partial charge is 0.306 e. The van der Waals surface area contributed by atoms with Gasteiger partial charge in [-0.1, -0.05) is 294 Å². The highest BCUT2D eigenvalue weighted by atomic mass is 16.6. The van der Waals surface area contributed by atoms with Gasteiger partial charge in [-0.2, -0.15) is 0 Å². The van der Waals surface area contributed by atoms with Crippen LogP contribution in [-0.4, -0.2) is 37.2 Å². The van der Waals surface area contributed by atoms with Gasteiger partial charge in [-0.3, -0.25) is 14.4 Å². The first-order valence-electron chi connectivity index (χ1n) is 32.1. The second kappa shape index (κ2) is 61.9. The molecule has 0 N–H and O–H groups in total. The minimum absolute atomic E-state index is 0.0744. The number of hydrogen-bond donors (Lipinski definition) is 0. The van der Waals surface area contributed by atoms with Crippen LogP contribution in [0.1, 0.15) is 342 Å². The number of hydrogen-bond acceptors (Lipinski definition) is 6. The minimum Gasteiger partial charge on any atom is -0.462 e. The van der Waals surface area contributed by atoms with Crippen LogP contribution in [0.25, 0.3) is 0 Å². The molecule has 0 rings (SSSR count). The first-order valence-corrected chi connectivity index (χ1v) is 32.1. The van der Waals surface area contributed by atoms with E-state index in [-0.39, 0.29) is 31.1 Å². The summed E-state index contributed by atoms with van der Waals surface area (Å²) in [5.74, 6) is -0.870. The van der Waals surface area contributed by atoms with Gasteiger partial charge in [0.1, 0.15) is 13.2 Å². The van der Waals surface area contributed by atoms with Gasteiger partial charge < -0.3 is 14.2 Å². The third-order valence-electron chi connectivity index (χ3n) is 14.3. The number of unbranched alkanes of at least 4 members (excludes halogenated alkanes) is 40. The van der Waals surface area contributed by atoms with Gasteiger partial charge in [0.15, 0.2) is 6.10 Å². The molecule has 0 aromatic rings. The van der Waals surface area contributed by atoms with Crippen LogP contribution < -0.4 is 0 Å². The molecule has 6 heteroatoms. The fraction of sp³-hybridized carbons (Fsp3) is 0.836. The SMILES string of the molecule is CCC/C=C\C/C=C\CCCCCCCC(=O)OC(COC(=O)CCCCCCCCCCCCCCC)COC(=O)CCCCCCCCCCCCCCCCCCC/C=C\C/C=C\CCCCCCC. The topological polar surface area (TPSA) is 78.9 Å². The van der Waals surface area contributed by atoms with Crippen LogP contribution in [0.5, 0.6) is 0 Å². The number of allylic oxidation sites excluding steroid dienone is 8. The molecule has 0 aliphatic carbocycles. The van der Waals surface area contributed by atoms with Crippen molar-refractivity contribution in [2.75, 3.05) is 13.2 Å². The third-order valence-corrected chi connectivity index (χ3v) is 14.3. The van der Waals surface area contributed by atoms with Crippen molar-refractivity contribution in [3.8, 4) is 0 Å². The van der Waals surface area contributed by atoms with E-state index in [9.17, 15) is 14.4 Å². The van der Waals surface area contributed by atoms with Gasteiger partial charge in [0.25, 0.3) is 0 Å². The minimum atomic E-state index is -0.777. The summed E-state index contributed by atoms with van der Waals surface area (Å²) in [6, 6.07) is 0. The first kappa shape index (κ1) is 70.4. The summed E-state index contributed by atoms with van der Waals surface area (Å²) in [6.07, 6.45) is 77.0. The van der Waals surface area contributed by atoms with Crippen molar-refractivity contribution in [1.29, 1.82) is 0 Å². The molecule has 0 aromatic carbocycles. The molecule has 1 atom stereocenters. The molecule has 6 nitrogen and oxygen atoms in total. The average Bonchev–Trinajstić information content (AvgIpc) is 3.39. The molecule has 0 bridgehead atoms. The number of rotatable bonds is 59. The second-order valence-corrected chi connectivity index (χ2v) is 21.7. The zero-order valence-electron chi connectivity index (χ0n) is 48.9. The Bertz CT molecular complexity index is 1270. The summed E-state index contributed by atoms with van der Waals surface area (Å²) in [7, 11) is 0. The van der Waals surface area contributed by atoms with Crippen LogP contribution in [0.2, 0.25) is 0 Å². The highest BCUT2D eigenvalue weighted by molar-refractivity contribution is 5.71. The second-order valence-electron chi connectivity index (χ2n) is 21.7. The van der Waals surface area contributed by atoms with Crippen LogP contribution >= 0.6 is 0 Å². The molecule has 0 heterocycles. The van der Waals surface area contributed by atoms with Gasteiger partial charge in [0.05, 0.1) is 0 Å². The van der Waals surface area contributed by atoms with Gasteiger partial charge in [-0.25, -0.2) is 0 Å². The van der Waals surface area contributed by atoms with Crippen LogP contribution in [0.3, 0.4) is 0 Å². The maximum atomic E-state index is 12.8. The predicted octanol–water partition coefficient (Wildman–Crippen LogP) is 21.8. The molecule has 0 amide bonds. The maximum Gasteiger partial charge on any atom is 0.306 e. The largest absolute Gasteiger partial charge is 0.462 e. The zero-order valence-corrected chi connectivity index (χ0v) is 48.9. The Morgan fingerprint density at radius 2 is 0.521 bits per heavy atom. The van der Waals surface area contributed by atoms with E-state index < -0.39 is 6.10 Å². The number of esters is 3. The molecule has 0 saturated carbocycles. The molecule has 0 saturated heterocycles.